The summed E-state index contributed by atoms with van der Waals surface area (Å²) in [6, 6.07) is -0.633. The van der Waals surface area contributed by atoms with Gasteiger partial charge in [-0.1, -0.05) is 38.5 Å². The zero-order valence-electron chi connectivity index (χ0n) is 19.1. The Morgan fingerprint density at radius 1 is 1.03 bits per heavy atom. The number of amides is 1. The Balaban J connectivity index is 1.64. The van der Waals surface area contributed by atoms with Crippen molar-refractivity contribution in [2.45, 2.75) is 102 Å². The Labute approximate surface area is 186 Å². The van der Waals surface area contributed by atoms with E-state index in [9.17, 15) is 13.2 Å². The van der Waals surface area contributed by atoms with Crippen LogP contribution in [0.15, 0.2) is 6.20 Å². The fourth-order valence-electron chi connectivity index (χ4n) is 5.81. The van der Waals surface area contributed by atoms with E-state index in [-0.39, 0.29) is 18.0 Å². The number of hydrogen-bond acceptors (Lipinski definition) is 4. The van der Waals surface area contributed by atoms with Gasteiger partial charge in [0.05, 0.1) is 11.7 Å². The first-order valence-electron chi connectivity index (χ1n) is 11.9. The van der Waals surface area contributed by atoms with Crippen LogP contribution in [-0.4, -0.2) is 58.5 Å². The largest absolute Gasteiger partial charge is 0.335 e. The number of nitrogens with zero attached hydrogens (tertiary/aromatic N) is 4. The minimum absolute atomic E-state index is 0.00193. The summed E-state index contributed by atoms with van der Waals surface area (Å²) in [5, 5.41) is 4.38. The smallest absolute Gasteiger partial charge is 0.280 e. The van der Waals surface area contributed by atoms with Crippen molar-refractivity contribution in [1.29, 1.82) is 0 Å². The fraction of sp³-hybridized carbons (Fsp3) is 0.818. The average molecular weight is 452 g/mol. The summed E-state index contributed by atoms with van der Waals surface area (Å²) < 4.78 is 31.7. The van der Waals surface area contributed by atoms with Crippen LogP contribution in [0.25, 0.3) is 0 Å². The monoisotopic (exact) mass is 451 g/mol. The third kappa shape index (κ3) is 4.68. The van der Waals surface area contributed by atoms with Crippen molar-refractivity contribution in [2.24, 2.45) is 7.05 Å². The van der Waals surface area contributed by atoms with E-state index in [0.717, 1.165) is 62.6 Å². The number of nitrogens with one attached hydrogen (secondary N) is 1. The fourth-order valence-corrected chi connectivity index (χ4v) is 7.07. The summed E-state index contributed by atoms with van der Waals surface area (Å²) in [6.45, 7) is 1.88. The number of rotatable bonds is 4. The van der Waals surface area contributed by atoms with Crippen LogP contribution in [0.3, 0.4) is 0 Å². The predicted octanol–water partition coefficient (Wildman–Crippen LogP) is 2.80. The van der Waals surface area contributed by atoms with Gasteiger partial charge in [0.1, 0.15) is 6.04 Å². The SMILES string of the molecule is Cc1nn(C)cc1[C@@H]1C[C@@H](C(=O)N(C2CCCCC2)C2CCCCC2)N(C)S(=O)(=O)N1. The van der Waals surface area contributed by atoms with Gasteiger partial charge >= 0.3 is 0 Å². The lowest BCUT2D eigenvalue weighted by molar-refractivity contribution is -0.142. The average Bonchev–Trinajstić information content (AvgIpc) is 3.09. The van der Waals surface area contributed by atoms with E-state index in [1.807, 2.05) is 20.2 Å². The molecule has 0 unspecified atom stereocenters. The molecule has 174 valence electrons. The van der Waals surface area contributed by atoms with Crippen LogP contribution in [0.2, 0.25) is 0 Å². The summed E-state index contributed by atoms with van der Waals surface area (Å²) in [4.78, 5) is 16.2. The summed E-state index contributed by atoms with van der Waals surface area (Å²) in [5.41, 5.74) is 1.64. The zero-order valence-corrected chi connectivity index (χ0v) is 19.9. The molecule has 2 saturated carbocycles. The lowest BCUT2D eigenvalue weighted by Crippen LogP contribution is -2.61. The Bertz CT molecular complexity index is 869. The highest BCUT2D eigenvalue weighted by molar-refractivity contribution is 7.87. The third-order valence-corrected chi connectivity index (χ3v) is 9.07. The van der Waals surface area contributed by atoms with Gasteiger partial charge in [0.25, 0.3) is 10.2 Å². The maximum atomic E-state index is 14.0. The number of likely N-dealkylation sites (N-methyl/N-ethyl adjacent to an activating group) is 1. The lowest BCUT2D eigenvalue weighted by atomic mass is 9.87. The molecule has 0 bridgehead atoms. The third-order valence-electron chi connectivity index (χ3n) is 7.47. The van der Waals surface area contributed by atoms with Gasteiger partial charge in [0.2, 0.25) is 5.91 Å². The van der Waals surface area contributed by atoms with Crippen LogP contribution in [0.4, 0.5) is 0 Å². The van der Waals surface area contributed by atoms with E-state index in [2.05, 4.69) is 14.7 Å². The lowest BCUT2D eigenvalue weighted by Gasteiger charge is -2.46. The minimum Gasteiger partial charge on any atom is -0.335 e. The highest BCUT2D eigenvalue weighted by atomic mass is 32.2. The molecule has 3 fully saturated rings. The van der Waals surface area contributed by atoms with E-state index in [1.165, 1.54) is 24.2 Å². The molecule has 2 heterocycles. The van der Waals surface area contributed by atoms with Crippen LogP contribution in [0.5, 0.6) is 0 Å². The maximum Gasteiger partial charge on any atom is 0.280 e. The van der Waals surface area contributed by atoms with Gasteiger partial charge in [0.15, 0.2) is 0 Å². The molecule has 4 rings (SSSR count). The van der Waals surface area contributed by atoms with Crippen molar-refractivity contribution in [3.8, 4) is 0 Å². The van der Waals surface area contributed by atoms with E-state index in [1.54, 1.807) is 4.68 Å². The molecular weight excluding hydrogens is 414 g/mol. The highest BCUT2D eigenvalue weighted by Crippen LogP contribution is 2.35. The second-order valence-electron chi connectivity index (χ2n) is 9.62. The second-order valence-corrected chi connectivity index (χ2v) is 11.4. The van der Waals surface area contributed by atoms with Crippen LogP contribution in [-0.2, 0) is 22.1 Å². The molecular formula is C22H37N5O3S. The van der Waals surface area contributed by atoms with Gasteiger partial charge in [-0.2, -0.15) is 22.5 Å². The molecule has 0 aromatic carbocycles. The van der Waals surface area contributed by atoms with Crippen molar-refractivity contribution in [1.82, 2.24) is 23.7 Å². The molecule has 0 spiro atoms. The van der Waals surface area contributed by atoms with Crippen molar-refractivity contribution in [3.63, 3.8) is 0 Å². The van der Waals surface area contributed by atoms with Crippen molar-refractivity contribution >= 4 is 16.1 Å². The Morgan fingerprint density at radius 3 is 2.06 bits per heavy atom. The molecule has 9 heteroatoms. The Hall–Kier alpha value is -1.45. The number of carbonyl (C=O) groups excluding carboxylic acids is 1. The minimum atomic E-state index is -3.76. The van der Waals surface area contributed by atoms with Crippen LogP contribution in [0, 0.1) is 6.92 Å². The van der Waals surface area contributed by atoms with E-state index >= 15 is 0 Å². The van der Waals surface area contributed by atoms with Crippen molar-refractivity contribution in [3.05, 3.63) is 17.5 Å². The molecule has 1 aromatic heterocycles. The summed E-state index contributed by atoms with van der Waals surface area (Å²) >= 11 is 0. The van der Waals surface area contributed by atoms with Crippen LogP contribution in [0.1, 0.15) is 87.9 Å². The molecule has 1 saturated heterocycles. The Morgan fingerprint density at radius 2 is 1.58 bits per heavy atom. The molecule has 8 nitrogen and oxygen atoms in total. The van der Waals surface area contributed by atoms with Gasteiger partial charge in [-0.25, -0.2) is 0 Å². The second kappa shape index (κ2) is 9.19. The molecule has 1 amide bonds. The summed E-state index contributed by atoms with van der Waals surface area (Å²) in [7, 11) is -0.388. The first kappa shape index (κ1) is 22.7. The highest BCUT2D eigenvalue weighted by Gasteiger charge is 2.45. The molecule has 2 atom stereocenters. The summed E-state index contributed by atoms with van der Waals surface area (Å²) in [6.07, 6.45) is 13.5. The Kier molecular flexibility index (Phi) is 6.74. The number of aryl methyl sites for hydroxylation is 2. The van der Waals surface area contributed by atoms with Gasteiger partial charge in [-0.3, -0.25) is 9.48 Å². The van der Waals surface area contributed by atoms with Gasteiger partial charge in [0, 0.05) is 37.9 Å². The topological polar surface area (TPSA) is 87.5 Å². The molecule has 3 aliphatic rings. The number of hydrogen-bond donors (Lipinski definition) is 1. The number of carbonyl (C=O) groups is 1. The normalized spacial score (nSPS) is 28.5. The van der Waals surface area contributed by atoms with E-state index in [0.29, 0.717) is 6.42 Å². The van der Waals surface area contributed by atoms with Gasteiger partial charge in [-0.15, -0.1) is 0 Å². The van der Waals surface area contributed by atoms with E-state index < -0.39 is 22.3 Å². The molecule has 1 aromatic rings. The first-order valence-corrected chi connectivity index (χ1v) is 13.3. The number of aromatic nitrogens is 2. The zero-order chi connectivity index (χ0) is 22.2. The van der Waals surface area contributed by atoms with Gasteiger partial charge < -0.3 is 4.90 Å². The van der Waals surface area contributed by atoms with Gasteiger partial charge in [-0.05, 0) is 39.0 Å². The molecule has 31 heavy (non-hydrogen) atoms. The standard InChI is InChI=1S/C22H37N5O3S/c1-16-19(15-25(2)23-16)20-14-21(26(3)31(29,30)24-20)22(28)27(17-10-6-4-7-11-17)18-12-8-5-9-13-18/h15,17-18,20-21,24H,4-14H2,1-3H3/t20-,21-/m0/s1. The summed E-state index contributed by atoms with van der Waals surface area (Å²) in [5.74, 6) is -0.00193. The first-order chi connectivity index (χ1) is 14.8. The predicted molar refractivity (Wildman–Crippen MR) is 120 cm³/mol. The van der Waals surface area contributed by atoms with Crippen LogP contribution >= 0.6 is 0 Å². The quantitative estimate of drug-likeness (QED) is 0.763. The molecule has 2 aliphatic carbocycles. The van der Waals surface area contributed by atoms with Crippen LogP contribution < -0.4 is 4.72 Å². The molecule has 1 aliphatic heterocycles. The van der Waals surface area contributed by atoms with E-state index in [4.69, 9.17) is 0 Å². The van der Waals surface area contributed by atoms with Crippen molar-refractivity contribution in [2.75, 3.05) is 7.05 Å². The molecule has 0 radical (unpaired) electrons. The molecule has 1 N–H and O–H groups in total. The van der Waals surface area contributed by atoms with Crippen molar-refractivity contribution < 1.29 is 13.2 Å². The maximum absolute atomic E-state index is 14.0.